The molecule has 0 bridgehead atoms. The molecule has 156 valence electrons. The number of carbonyl (C=O) groups excluding carboxylic acids is 1. The Morgan fingerprint density at radius 1 is 1.14 bits per heavy atom. The number of nitrogens with zero attached hydrogens (tertiary/aromatic N) is 1. The molecule has 0 radical (unpaired) electrons. The number of urea groups is 1. The van der Waals surface area contributed by atoms with Gasteiger partial charge in [-0.3, -0.25) is 4.90 Å². The van der Waals surface area contributed by atoms with Gasteiger partial charge in [-0.15, -0.1) is 0 Å². The number of methoxy groups -OCH3 is 1. The third kappa shape index (κ3) is 6.19. The summed E-state index contributed by atoms with van der Waals surface area (Å²) in [6.45, 7) is 4.70. The van der Waals surface area contributed by atoms with Crippen molar-refractivity contribution in [3.05, 3.63) is 65.5 Å². The van der Waals surface area contributed by atoms with Crippen LogP contribution >= 0.6 is 0 Å². The standard InChI is InChI=1S/C23H30FN3O2/c1-3-22(18-6-10-21(29-2)11-7-18)26-23(28)25-20-12-14-27(15-13-20)16-17-4-8-19(24)9-5-17/h4-11,20,22H,3,12-16H2,1-2H3,(H2,25,26,28). The number of hydrogen-bond acceptors (Lipinski definition) is 3. The first-order valence-electron chi connectivity index (χ1n) is 10.2. The molecule has 0 aliphatic carbocycles. The molecule has 2 N–H and O–H groups in total. The van der Waals surface area contributed by atoms with E-state index in [2.05, 4.69) is 22.5 Å². The van der Waals surface area contributed by atoms with Crippen molar-refractivity contribution in [1.29, 1.82) is 0 Å². The molecule has 0 spiro atoms. The van der Waals surface area contributed by atoms with Crippen LogP contribution in [-0.2, 0) is 6.54 Å². The van der Waals surface area contributed by atoms with Crippen LogP contribution in [0.3, 0.4) is 0 Å². The predicted octanol–water partition coefficient (Wildman–Crippen LogP) is 4.25. The van der Waals surface area contributed by atoms with E-state index in [-0.39, 0.29) is 23.9 Å². The van der Waals surface area contributed by atoms with Gasteiger partial charge in [-0.05, 0) is 54.7 Å². The number of rotatable bonds is 7. The van der Waals surface area contributed by atoms with Gasteiger partial charge in [-0.2, -0.15) is 0 Å². The highest BCUT2D eigenvalue weighted by Crippen LogP contribution is 2.20. The van der Waals surface area contributed by atoms with Crippen molar-refractivity contribution in [2.24, 2.45) is 0 Å². The van der Waals surface area contributed by atoms with Crippen LogP contribution in [-0.4, -0.2) is 37.2 Å². The molecule has 0 saturated carbocycles. The maximum atomic E-state index is 13.0. The lowest BCUT2D eigenvalue weighted by molar-refractivity contribution is 0.185. The molecule has 5 nitrogen and oxygen atoms in total. The molecule has 1 unspecified atom stereocenters. The van der Waals surface area contributed by atoms with Gasteiger partial charge in [-0.25, -0.2) is 9.18 Å². The van der Waals surface area contributed by atoms with Crippen LogP contribution in [0.1, 0.15) is 43.4 Å². The Bertz CT molecular complexity index is 772. The van der Waals surface area contributed by atoms with E-state index in [9.17, 15) is 9.18 Å². The first-order valence-corrected chi connectivity index (χ1v) is 10.2. The number of ether oxygens (including phenoxy) is 1. The number of amides is 2. The van der Waals surface area contributed by atoms with Crippen LogP contribution in [0.4, 0.5) is 9.18 Å². The smallest absolute Gasteiger partial charge is 0.315 e. The second-order valence-corrected chi connectivity index (χ2v) is 7.53. The maximum absolute atomic E-state index is 13.0. The molecule has 0 aromatic heterocycles. The van der Waals surface area contributed by atoms with Crippen molar-refractivity contribution in [3.63, 3.8) is 0 Å². The van der Waals surface area contributed by atoms with Crippen molar-refractivity contribution in [1.82, 2.24) is 15.5 Å². The van der Waals surface area contributed by atoms with E-state index in [1.807, 2.05) is 36.4 Å². The number of likely N-dealkylation sites (tertiary alicyclic amines) is 1. The largest absolute Gasteiger partial charge is 0.497 e. The van der Waals surface area contributed by atoms with Crippen LogP contribution in [0.2, 0.25) is 0 Å². The van der Waals surface area contributed by atoms with E-state index in [0.29, 0.717) is 0 Å². The van der Waals surface area contributed by atoms with Gasteiger partial charge in [-0.1, -0.05) is 31.2 Å². The van der Waals surface area contributed by atoms with Crippen molar-refractivity contribution < 1.29 is 13.9 Å². The van der Waals surface area contributed by atoms with Gasteiger partial charge >= 0.3 is 6.03 Å². The summed E-state index contributed by atoms with van der Waals surface area (Å²) >= 11 is 0. The highest BCUT2D eigenvalue weighted by Gasteiger charge is 2.22. The zero-order valence-electron chi connectivity index (χ0n) is 17.2. The highest BCUT2D eigenvalue weighted by molar-refractivity contribution is 5.74. The minimum absolute atomic E-state index is 0.0283. The molecule has 1 heterocycles. The summed E-state index contributed by atoms with van der Waals surface area (Å²) in [4.78, 5) is 14.8. The summed E-state index contributed by atoms with van der Waals surface area (Å²) in [7, 11) is 1.64. The van der Waals surface area contributed by atoms with E-state index >= 15 is 0 Å². The van der Waals surface area contributed by atoms with Crippen LogP contribution in [0.25, 0.3) is 0 Å². The summed E-state index contributed by atoms with van der Waals surface area (Å²) in [6, 6.07) is 14.5. The summed E-state index contributed by atoms with van der Waals surface area (Å²) in [5.41, 5.74) is 2.18. The SMILES string of the molecule is CCC(NC(=O)NC1CCN(Cc2ccc(F)cc2)CC1)c1ccc(OC)cc1. The molecular formula is C23H30FN3O2. The van der Waals surface area contributed by atoms with Crippen LogP contribution in [0.15, 0.2) is 48.5 Å². The number of halogens is 1. The fourth-order valence-corrected chi connectivity index (χ4v) is 3.73. The summed E-state index contributed by atoms with van der Waals surface area (Å²) < 4.78 is 18.2. The molecule has 6 heteroatoms. The third-order valence-electron chi connectivity index (χ3n) is 5.47. The first kappa shape index (κ1) is 21.1. The average molecular weight is 400 g/mol. The summed E-state index contributed by atoms with van der Waals surface area (Å²) in [6.07, 6.45) is 2.64. The van der Waals surface area contributed by atoms with Gasteiger partial charge < -0.3 is 15.4 Å². The Hall–Kier alpha value is -2.60. The molecule has 1 fully saturated rings. The first-order chi connectivity index (χ1) is 14.1. The summed E-state index contributed by atoms with van der Waals surface area (Å²) in [5.74, 6) is 0.600. The Labute approximate surface area is 172 Å². The third-order valence-corrected chi connectivity index (χ3v) is 5.47. The maximum Gasteiger partial charge on any atom is 0.315 e. The molecule has 1 saturated heterocycles. The monoisotopic (exact) mass is 399 g/mol. The number of carbonyl (C=O) groups is 1. The van der Waals surface area contributed by atoms with Gasteiger partial charge in [0, 0.05) is 25.7 Å². The normalized spacial score (nSPS) is 16.2. The Morgan fingerprint density at radius 3 is 2.38 bits per heavy atom. The quantitative estimate of drug-likeness (QED) is 0.732. The zero-order chi connectivity index (χ0) is 20.6. The molecule has 1 aliphatic rings. The molecule has 1 aliphatic heterocycles. The van der Waals surface area contributed by atoms with Gasteiger partial charge in [0.1, 0.15) is 11.6 Å². The second kappa shape index (κ2) is 10.3. The van der Waals surface area contributed by atoms with Crippen LogP contribution < -0.4 is 15.4 Å². The van der Waals surface area contributed by atoms with E-state index in [1.165, 1.54) is 12.1 Å². The van der Waals surface area contributed by atoms with E-state index in [4.69, 9.17) is 4.74 Å². The number of nitrogens with one attached hydrogen (secondary N) is 2. The minimum atomic E-state index is -0.206. The predicted molar refractivity (Wildman–Crippen MR) is 112 cm³/mol. The Morgan fingerprint density at radius 2 is 1.79 bits per heavy atom. The highest BCUT2D eigenvalue weighted by atomic mass is 19.1. The van der Waals surface area contributed by atoms with Gasteiger partial charge in [0.25, 0.3) is 0 Å². The molecule has 2 aromatic carbocycles. The van der Waals surface area contributed by atoms with Gasteiger partial charge in [0.05, 0.1) is 13.2 Å². The number of benzene rings is 2. The van der Waals surface area contributed by atoms with Gasteiger partial charge in [0.2, 0.25) is 0 Å². The lowest BCUT2D eigenvalue weighted by Gasteiger charge is -2.32. The number of hydrogen-bond donors (Lipinski definition) is 2. The second-order valence-electron chi connectivity index (χ2n) is 7.53. The lowest BCUT2D eigenvalue weighted by Crippen LogP contribution is -2.48. The summed E-state index contributed by atoms with van der Waals surface area (Å²) in [5, 5.41) is 6.20. The topological polar surface area (TPSA) is 53.6 Å². The number of piperidine rings is 1. The molecule has 3 rings (SSSR count). The lowest BCUT2D eigenvalue weighted by atomic mass is 10.0. The van der Waals surface area contributed by atoms with Crippen LogP contribution in [0, 0.1) is 5.82 Å². The van der Waals surface area contributed by atoms with Crippen LogP contribution in [0.5, 0.6) is 5.75 Å². The minimum Gasteiger partial charge on any atom is -0.497 e. The fourth-order valence-electron chi connectivity index (χ4n) is 3.73. The van der Waals surface area contributed by atoms with E-state index < -0.39 is 0 Å². The molecule has 1 atom stereocenters. The van der Waals surface area contributed by atoms with Crippen molar-refractivity contribution in [3.8, 4) is 5.75 Å². The molecular weight excluding hydrogens is 369 g/mol. The fraction of sp³-hybridized carbons (Fsp3) is 0.435. The Balaban J connectivity index is 1.44. The van der Waals surface area contributed by atoms with Crippen molar-refractivity contribution in [2.45, 2.75) is 44.8 Å². The van der Waals surface area contributed by atoms with Crippen molar-refractivity contribution in [2.75, 3.05) is 20.2 Å². The molecule has 29 heavy (non-hydrogen) atoms. The molecule has 2 amide bonds. The van der Waals surface area contributed by atoms with E-state index in [0.717, 1.165) is 55.8 Å². The zero-order valence-corrected chi connectivity index (χ0v) is 17.2. The van der Waals surface area contributed by atoms with Crippen molar-refractivity contribution >= 4 is 6.03 Å². The molecule has 2 aromatic rings. The van der Waals surface area contributed by atoms with E-state index in [1.54, 1.807) is 7.11 Å². The van der Waals surface area contributed by atoms with Gasteiger partial charge in [0.15, 0.2) is 0 Å². The average Bonchev–Trinajstić information content (AvgIpc) is 2.75. The Kier molecular flexibility index (Phi) is 7.47.